The van der Waals surface area contributed by atoms with Crippen molar-refractivity contribution >= 4 is 5.96 Å². The van der Waals surface area contributed by atoms with Crippen LogP contribution in [0.4, 0.5) is 0 Å². The topological polar surface area (TPSA) is 63.5 Å². The number of aromatic nitrogens is 2. The lowest BCUT2D eigenvalue weighted by atomic mass is 10.1. The van der Waals surface area contributed by atoms with Crippen LogP contribution in [0.3, 0.4) is 0 Å². The first-order valence-corrected chi connectivity index (χ1v) is 8.86. The molecule has 0 fully saturated rings. The van der Waals surface area contributed by atoms with Crippen molar-refractivity contribution < 1.29 is 4.74 Å². The molecule has 134 valence electrons. The van der Waals surface area contributed by atoms with Gasteiger partial charge < -0.3 is 15.4 Å². The Morgan fingerprint density at radius 3 is 2.88 bits per heavy atom. The smallest absolute Gasteiger partial charge is 0.191 e. The first kappa shape index (κ1) is 17.3. The van der Waals surface area contributed by atoms with E-state index in [1.54, 1.807) is 7.05 Å². The summed E-state index contributed by atoms with van der Waals surface area (Å²) in [7, 11) is 1.79. The number of aliphatic imine (C=N–C) groups is 1. The third kappa shape index (κ3) is 4.53. The summed E-state index contributed by atoms with van der Waals surface area (Å²) in [6.45, 7) is 6.62. The summed E-state index contributed by atoms with van der Waals surface area (Å²) in [6.07, 6.45) is 2.09. The molecular weight excluding hydrogens is 314 g/mol. The fourth-order valence-corrected chi connectivity index (χ4v) is 3.14. The number of aryl methyl sites for hydroxylation is 3. The number of nitrogens with one attached hydrogen (secondary N) is 2. The number of benzene rings is 1. The highest BCUT2D eigenvalue weighted by Gasteiger charge is 2.22. The molecule has 0 saturated carbocycles. The first-order valence-electron chi connectivity index (χ1n) is 8.86. The Labute approximate surface area is 149 Å². The Kier molecular flexibility index (Phi) is 5.58. The zero-order valence-electron chi connectivity index (χ0n) is 15.2. The summed E-state index contributed by atoms with van der Waals surface area (Å²) in [5.41, 5.74) is 3.56. The molecule has 1 aliphatic rings. The quantitative estimate of drug-likeness (QED) is 0.480. The second-order valence-corrected chi connectivity index (χ2v) is 6.44. The fraction of sp³-hybridized carbons (Fsp3) is 0.474. The number of para-hydroxylation sites is 1. The van der Waals surface area contributed by atoms with Gasteiger partial charge in [0.25, 0.3) is 0 Å². The summed E-state index contributed by atoms with van der Waals surface area (Å²) < 4.78 is 8.00. The Morgan fingerprint density at radius 2 is 2.16 bits per heavy atom. The van der Waals surface area contributed by atoms with Crippen LogP contribution < -0.4 is 15.4 Å². The Bertz CT molecular complexity index is 712. The van der Waals surface area contributed by atoms with E-state index >= 15 is 0 Å². The molecule has 2 heterocycles. The second-order valence-electron chi connectivity index (χ2n) is 6.44. The minimum Gasteiger partial charge on any atom is -0.488 e. The lowest BCUT2D eigenvalue weighted by Gasteiger charge is -2.15. The van der Waals surface area contributed by atoms with Crippen molar-refractivity contribution in [2.75, 3.05) is 20.1 Å². The highest BCUT2D eigenvalue weighted by Crippen LogP contribution is 2.27. The predicted octanol–water partition coefficient (Wildman–Crippen LogP) is 2.06. The molecule has 1 aromatic carbocycles. The summed E-state index contributed by atoms with van der Waals surface area (Å²) in [6, 6.07) is 10.3. The number of rotatable bonds is 6. The minimum absolute atomic E-state index is 0.158. The van der Waals surface area contributed by atoms with Crippen LogP contribution in [-0.4, -0.2) is 42.0 Å². The van der Waals surface area contributed by atoms with Gasteiger partial charge in [0.05, 0.1) is 12.2 Å². The normalized spacial score (nSPS) is 16.4. The maximum atomic E-state index is 5.94. The van der Waals surface area contributed by atoms with Crippen LogP contribution in [0.1, 0.15) is 23.4 Å². The first-order chi connectivity index (χ1) is 12.2. The Hall–Kier alpha value is -2.50. The van der Waals surface area contributed by atoms with Crippen LogP contribution in [0.5, 0.6) is 5.75 Å². The van der Waals surface area contributed by atoms with Gasteiger partial charge in [-0.2, -0.15) is 5.10 Å². The molecule has 1 unspecified atom stereocenters. The SMILES string of the molecule is CN=C(NCCCn1nc(C)cc1C)NCC1Cc2ccccc2O1. The lowest BCUT2D eigenvalue weighted by molar-refractivity contribution is 0.235. The summed E-state index contributed by atoms with van der Waals surface area (Å²) >= 11 is 0. The van der Waals surface area contributed by atoms with Crippen LogP contribution in [0.25, 0.3) is 0 Å². The van der Waals surface area contributed by atoms with Gasteiger partial charge in [-0.15, -0.1) is 0 Å². The van der Waals surface area contributed by atoms with Crippen molar-refractivity contribution in [2.45, 2.75) is 39.3 Å². The Morgan fingerprint density at radius 1 is 1.32 bits per heavy atom. The van der Waals surface area contributed by atoms with Crippen LogP contribution in [0, 0.1) is 13.8 Å². The summed E-state index contributed by atoms with van der Waals surface area (Å²) in [4.78, 5) is 4.28. The number of ether oxygens (including phenoxy) is 1. The standard InChI is InChI=1S/C19H27N5O/c1-14-11-15(2)24(23-14)10-6-9-21-19(20-3)22-13-17-12-16-7-4-5-8-18(16)25-17/h4-5,7-8,11,17H,6,9-10,12-13H2,1-3H3,(H2,20,21,22). The molecule has 0 bridgehead atoms. The average Bonchev–Trinajstić information content (AvgIpc) is 3.16. The molecule has 0 radical (unpaired) electrons. The van der Waals surface area contributed by atoms with Gasteiger partial charge in [0.1, 0.15) is 11.9 Å². The van der Waals surface area contributed by atoms with Gasteiger partial charge in [0, 0.05) is 32.3 Å². The van der Waals surface area contributed by atoms with Gasteiger partial charge in [-0.1, -0.05) is 18.2 Å². The van der Waals surface area contributed by atoms with E-state index in [0.717, 1.165) is 49.9 Å². The van der Waals surface area contributed by atoms with E-state index < -0.39 is 0 Å². The van der Waals surface area contributed by atoms with Crippen LogP contribution in [0.2, 0.25) is 0 Å². The molecule has 6 nitrogen and oxygen atoms in total. The second kappa shape index (κ2) is 8.05. The molecule has 2 N–H and O–H groups in total. The summed E-state index contributed by atoms with van der Waals surface area (Å²) in [5, 5.41) is 11.2. The van der Waals surface area contributed by atoms with Crippen molar-refractivity contribution in [2.24, 2.45) is 4.99 Å². The van der Waals surface area contributed by atoms with Gasteiger partial charge in [0.2, 0.25) is 0 Å². The zero-order chi connectivity index (χ0) is 17.6. The zero-order valence-corrected chi connectivity index (χ0v) is 15.2. The van der Waals surface area contributed by atoms with Gasteiger partial charge >= 0.3 is 0 Å². The van der Waals surface area contributed by atoms with Crippen LogP contribution >= 0.6 is 0 Å². The number of hydrogen-bond acceptors (Lipinski definition) is 3. The molecule has 1 aliphatic heterocycles. The van der Waals surface area contributed by atoms with E-state index in [0.29, 0.717) is 0 Å². The minimum atomic E-state index is 0.158. The molecule has 3 rings (SSSR count). The molecule has 0 saturated heterocycles. The van der Waals surface area contributed by atoms with E-state index in [2.05, 4.69) is 50.5 Å². The number of nitrogens with zero attached hydrogens (tertiary/aromatic N) is 3. The van der Waals surface area contributed by atoms with Gasteiger partial charge in [0.15, 0.2) is 5.96 Å². The molecule has 0 amide bonds. The largest absolute Gasteiger partial charge is 0.488 e. The monoisotopic (exact) mass is 341 g/mol. The van der Waals surface area contributed by atoms with E-state index in [1.807, 2.05) is 19.1 Å². The fourth-order valence-electron chi connectivity index (χ4n) is 3.14. The van der Waals surface area contributed by atoms with Gasteiger partial charge in [-0.25, -0.2) is 0 Å². The lowest BCUT2D eigenvalue weighted by Crippen LogP contribution is -2.42. The highest BCUT2D eigenvalue weighted by molar-refractivity contribution is 5.79. The number of fused-ring (bicyclic) bond motifs is 1. The van der Waals surface area contributed by atoms with Crippen LogP contribution in [0.15, 0.2) is 35.3 Å². The number of hydrogen-bond donors (Lipinski definition) is 2. The number of guanidine groups is 1. The van der Waals surface area contributed by atoms with Crippen molar-refractivity contribution in [1.82, 2.24) is 20.4 Å². The van der Waals surface area contributed by atoms with Crippen molar-refractivity contribution in [3.63, 3.8) is 0 Å². The van der Waals surface area contributed by atoms with E-state index in [4.69, 9.17) is 4.74 Å². The summed E-state index contributed by atoms with van der Waals surface area (Å²) in [5.74, 6) is 1.81. The predicted molar refractivity (Wildman–Crippen MR) is 100 cm³/mol. The van der Waals surface area contributed by atoms with Crippen molar-refractivity contribution in [1.29, 1.82) is 0 Å². The maximum absolute atomic E-state index is 5.94. The maximum Gasteiger partial charge on any atom is 0.191 e. The Balaban J connectivity index is 1.37. The van der Waals surface area contributed by atoms with Gasteiger partial charge in [-0.3, -0.25) is 9.67 Å². The molecule has 6 heteroatoms. The molecule has 25 heavy (non-hydrogen) atoms. The van der Waals surface area contributed by atoms with Crippen molar-refractivity contribution in [3.8, 4) is 5.75 Å². The molecular formula is C19H27N5O. The molecule has 0 spiro atoms. The van der Waals surface area contributed by atoms with E-state index in [-0.39, 0.29) is 6.10 Å². The van der Waals surface area contributed by atoms with Crippen LogP contribution in [-0.2, 0) is 13.0 Å². The molecule has 1 atom stereocenters. The third-order valence-electron chi connectivity index (χ3n) is 4.38. The van der Waals surface area contributed by atoms with Gasteiger partial charge in [-0.05, 0) is 38.0 Å². The third-order valence-corrected chi connectivity index (χ3v) is 4.38. The highest BCUT2D eigenvalue weighted by atomic mass is 16.5. The molecule has 0 aliphatic carbocycles. The average molecular weight is 341 g/mol. The van der Waals surface area contributed by atoms with Crippen molar-refractivity contribution in [3.05, 3.63) is 47.3 Å². The molecule has 1 aromatic heterocycles. The molecule has 2 aromatic rings. The van der Waals surface area contributed by atoms with E-state index in [9.17, 15) is 0 Å². The van der Waals surface area contributed by atoms with E-state index in [1.165, 1.54) is 11.3 Å².